The van der Waals surface area contributed by atoms with E-state index in [0.717, 1.165) is 70.5 Å². The number of thioether (sulfide) groups is 2. The molecule has 0 saturated carbocycles. The summed E-state index contributed by atoms with van der Waals surface area (Å²) < 4.78 is 4.49. The minimum atomic E-state index is 0.835. The Morgan fingerprint density at radius 3 is 1.27 bits per heavy atom. The van der Waals surface area contributed by atoms with Crippen molar-refractivity contribution in [3.8, 4) is 11.4 Å². The highest BCUT2D eigenvalue weighted by atomic mass is 32.2. The van der Waals surface area contributed by atoms with Gasteiger partial charge in [0.05, 0.1) is 11.4 Å². The summed E-state index contributed by atoms with van der Waals surface area (Å²) in [5, 5.41) is 20.5. The number of hydrogen-bond donors (Lipinski definition) is 0. The third kappa shape index (κ3) is 7.14. The van der Waals surface area contributed by atoms with Crippen LogP contribution in [-0.4, -0.2) is 29.5 Å². The molecule has 4 aromatic carbocycles. The van der Waals surface area contributed by atoms with Crippen LogP contribution in [0.15, 0.2) is 120 Å². The van der Waals surface area contributed by atoms with Crippen molar-refractivity contribution >= 4 is 23.5 Å². The molecule has 0 radical (unpaired) electrons. The van der Waals surface area contributed by atoms with Crippen LogP contribution in [0.4, 0.5) is 0 Å². The molecule has 0 amide bonds. The van der Waals surface area contributed by atoms with Crippen molar-refractivity contribution in [1.29, 1.82) is 0 Å². The second-order valence-corrected chi connectivity index (χ2v) is 12.7. The molecule has 2 aromatic heterocycles. The lowest BCUT2D eigenvalue weighted by molar-refractivity contribution is 0.663. The maximum Gasteiger partial charge on any atom is 0.196 e. The normalized spacial score (nSPS) is 11.2. The van der Waals surface area contributed by atoms with Gasteiger partial charge in [0.2, 0.25) is 0 Å². The molecule has 0 aliphatic rings. The van der Waals surface area contributed by atoms with Gasteiger partial charge in [0, 0.05) is 24.3 Å². The van der Waals surface area contributed by atoms with E-state index >= 15 is 0 Å². The first-order chi connectivity index (χ1) is 21.7. The Bertz CT molecular complexity index is 1660. The predicted octanol–water partition coefficient (Wildman–Crippen LogP) is 8.61. The number of aromatic nitrogens is 6. The highest BCUT2D eigenvalue weighted by Gasteiger charge is 2.18. The summed E-state index contributed by atoms with van der Waals surface area (Å²) >= 11 is 3.47. The molecule has 2 heterocycles. The molecule has 6 rings (SSSR count). The Morgan fingerprint density at radius 2 is 0.864 bits per heavy atom. The fourth-order valence-electron chi connectivity index (χ4n) is 5.23. The molecule has 222 valence electrons. The molecule has 0 aliphatic carbocycles. The van der Waals surface area contributed by atoms with Crippen LogP contribution in [0.2, 0.25) is 0 Å². The lowest BCUT2D eigenvalue weighted by Gasteiger charge is -2.14. The maximum absolute atomic E-state index is 4.68. The van der Waals surface area contributed by atoms with Crippen molar-refractivity contribution in [2.45, 2.75) is 61.3 Å². The van der Waals surface area contributed by atoms with Gasteiger partial charge in [-0.2, -0.15) is 0 Å². The molecule has 6 nitrogen and oxygen atoms in total. The van der Waals surface area contributed by atoms with E-state index in [2.05, 4.69) is 153 Å². The second-order valence-electron chi connectivity index (χ2n) is 10.8. The molecular weight excluding hydrogens is 581 g/mol. The van der Waals surface area contributed by atoms with Crippen LogP contribution >= 0.6 is 23.5 Å². The van der Waals surface area contributed by atoms with Gasteiger partial charge in [-0.1, -0.05) is 121 Å². The largest absolute Gasteiger partial charge is 0.274 e. The molecule has 0 atom stereocenters. The van der Waals surface area contributed by atoms with E-state index in [1.807, 2.05) is 0 Å². The van der Waals surface area contributed by atoms with Gasteiger partial charge in [0.1, 0.15) is 11.6 Å². The molecule has 0 N–H and O–H groups in total. The summed E-state index contributed by atoms with van der Waals surface area (Å²) in [6.45, 7) is 4.30. The van der Waals surface area contributed by atoms with E-state index < -0.39 is 0 Å². The molecule has 44 heavy (non-hydrogen) atoms. The Kier molecular flexibility index (Phi) is 9.90. The minimum absolute atomic E-state index is 0.835. The summed E-state index contributed by atoms with van der Waals surface area (Å²) in [5.74, 6) is 3.69. The van der Waals surface area contributed by atoms with Crippen LogP contribution in [-0.2, 0) is 24.3 Å². The first-order valence-corrected chi connectivity index (χ1v) is 17.0. The molecule has 0 saturated heterocycles. The highest BCUT2D eigenvalue weighted by molar-refractivity contribution is 7.98. The summed E-state index contributed by atoms with van der Waals surface area (Å²) in [4.78, 5) is 0. The number of rotatable bonds is 13. The smallest absolute Gasteiger partial charge is 0.196 e. The number of unbranched alkanes of at least 4 members (excludes halogenated alkanes) is 1. The van der Waals surface area contributed by atoms with E-state index in [1.54, 1.807) is 23.5 Å². The van der Waals surface area contributed by atoms with Crippen LogP contribution in [0.1, 0.15) is 46.7 Å². The molecule has 6 aromatic rings. The average molecular weight is 617 g/mol. The zero-order valence-electron chi connectivity index (χ0n) is 25.1. The molecule has 0 unspecified atom stereocenters. The van der Waals surface area contributed by atoms with Crippen molar-refractivity contribution in [3.63, 3.8) is 0 Å². The van der Waals surface area contributed by atoms with Gasteiger partial charge in [0.25, 0.3) is 0 Å². The van der Waals surface area contributed by atoms with E-state index in [4.69, 9.17) is 0 Å². The molecule has 8 heteroatoms. The van der Waals surface area contributed by atoms with Gasteiger partial charge in [-0.15, -0.1) is 20.4 Å². The molecule has 0 fully saturated rings. The molecule has 0 spiro atoms. The van der Waals surface area contributed by atoms with Crippen LogP contribution < -0.4 is 0 Å². The zero-order valence-corrected chi connectivity index (χ0v) is 26.8. The van der Waals surface area contributed by atoms with Crippen LogP contribution in [0.25, 0.3) is 11.4 Å². The van der Waals surface area contributed by atoms with Gasteiger partial charge in [-0.05, 0) is 61.1 Å². The van der Waals surface area contributed by atoms with Crippen LogP contribution in [0, 0.1) is 13.8 Å². The van der Waals surface area contributed by atoms with Gasteiger partial charge < -0.3 is 0 Å². The first kappa shape index (κ1) is 29.9. The SMILES string of the molecule is Cc1ccccc1-n1c(CCCCc2nnc(SCc3ccccc3)n2-c2ccccc2C)nnc1SCc1ccccc1. The Balaban J connectivity index is 1.18. The highest BCUT2D eigenvalue weighted by Crippen LogP contribution is 2.29. The lowest BCUT2D eigenvalue weighted by Crippen LogP contribution is -2.07. The molecule has 0 bridgehead atoms. The Labute approximate surface area is 268 Å². The third-order valence-corrected chi connectivity index (χ3v) is 9.59. The van der Waals surface area contributed by atoms with Crippen molar-refractivity contribution < 1.29 is 0 Å². The summed E-state index contributed by atoms with van der Waals surface area (Å²) in [5.41, 5.74) is 7.25. The van der Waals surface area contributed by atoms with Crippen molar-refractivity contribution in [2.24, 2.45) is 0 Å². The quantitative estimate of drug-likeness (QED) is 0.0956. The van der Waals surface area contributed by atoms with Crippen LogP contribution in [0.5, 0.6) is 0 Å². The van der Waals surface area contributed by atoms with Gasteiger partial charge in [0.15, 0.2) is 10.3 Å². The number of hydrogen-bond acceptors (Lipinski definition) is 6. The van der Waals surface area contributed by atoms with Gasteiger partial charge in [-0.25, -0.2) is 0 Å². The summed E-state index contributed by atoms with van der Waals surface area (Å²) in [6.07, 6.45) is 3.61. The van der Waals surface area contributed by atoms with E-state index in [9.17, 15) is 0 Å². The monoisotopic (exact) mass is 616 g/mol. The fraction of sp³-hybridized carbons (Fsp3) is 0.222. The maximum atomic E-state index is 4.68. The fourth-order valence-corrected chi connectivity index (χ4v) is 7.07. The predicted molar refractivity (Wildman–Crippen MR) is 181 cm³/mol. The van der Waals surface area contributed by atoms with Crippen molar-refractivity contribution in [3.05, 3.63) is 143 Å². The Hall–Kier alpha value is -4.14. The van der Waals surface area contributed by atoms with Crippen molar-refractivity contribution in [1.82, 2.24) is 29.5 Å². The number of aryl methyl sites for hydroxylation is 4. The van der Waals surface area contributed by atoms with Crippen LogP contribution in [0.3, 0.4) is 0 Å². The van der Waals surface area contributed by atoms with E-state index in [1.165, 1.54) is 22.3 Å². The van der Waals surface area contributed by atoms with E-state index in [0.29, 0.717) is 0 Å². The average Bonchev–Trinajstić information content (AvgIpc) is 3.66. The number of benzene rings is 4. The Morgan fingerprint density at radius 1 is 0.477 bits per heavy atom. The third-order valence-electron chi connectivity index (χ3n) is 7.59. The first-order valence-electron chi connectivity index (χ1n) is 15.0. The summed E-state index contributed by atoms with van der Waals surface area (Å²) in [7, 11) is 0. The topological polar surface area (TPSA) is 61.4 Å². The summed E-state index contributed by atoms with van der Waals surface area (Å²) in [6, 6.07) is 38.0. The van der Waals surface area contributed by atoms with Gasteiger partial charge in [-0.3, -0.25) is 9.13 Å². The van der Waals surface area contributed by atoms with Crippen molar-refractivity contribution in [2.75, 3.05) is 0 Å². The molecule has 0 aliphatic heterocycles. The van der Waals surface area contributed by atoms with Gasteiger partial charge >= 0.3 is 0 Å². The second kappa shape index (κ2) is 14.6. The number of para-hydroxylation sites is 2. The lowest BCUT2D eigenvalue weighted by atomic mass is 10.1. The number of nitrogens with zero attached hydrogens (tertiary/aromatic N) is 6. The molecular formula is C36H36N6S2. The standard InChI is InChI=1S/C36H36N6S2/c1-27-15-9-11-21-31(27)41-33(37-39-35(41)43-25-29-17-5-3-6-18-29)23-13-14-24-34-38-40-36(44-26-30-19-7-4-8-20-30)42(34)32-22-12-10-16-28(32)2/h3-12,15-22H,13-14,23-26H2,1-2H3. The minimum Gasteiger partial charge on any atom is -0.274 e. The van der Waals surface area contributed by atoms with E-state index in [-0.39, 0.29) is 0 Å². The zero-order chi connectivity index (χ0) is 30.1.